The predicted octanol–water partition coefficient (Wildman–Crippen LogP) is 3.62. The van der Waals surface area contributed by atoms with Crippen molar-refractivity contribution in [2.75, 3.05) is 6.61 Å². The Morgan fingerprint density at radius 3 is 2.91 bits per heavy atom. The summed E-state index contributed by atoms with van der Waals surface area (Å²) in [5, 5.41) is 10.9. The van der Waals surface area contributed by atoms with Gasteiger partial charge in [-0.25, -0.2) is 4.79 Å². The Labute approximate surface area is 132 Å². The van der Waals surface area contributed by atoms with Crippen LogP contribution in [0.15, 0.2) is 41.8 Å². The van der Waals surface area contributed by atoms with E-state index >= 15 is 0 Å². The number of rotatable bonds is 7. The molecule has 0 aliphatic carbocycles. The lowest BCUT2D eigenvalue weighted by Crippen LogP contribution is -2.15. The first-order valence-electron chi connectivity index (χ1n) is 6.81. The molecule has 1 aromatic heterocycles. The monoisotopic (exact) mass is 316 g/mol. The summed E-state index contributed by atoms with van der Waals surface area (Å²) in [6.45, 7) is 0.263. The number of hydrogen-bond donors (Lipinski definition) is 1. The van der Waals surface area contributed by atoms with Crippen LogP contribution in [0.4, 0.5) is 4.79 Å². The number of primary amides is 1. The minimum atomic E-state index is -0.768. The molecule has 22 heavy (non-hydrogen) atoms. The highest BCUT2D eigenvalue weighted by Gasteiger charge is 2.15. The molecule has 1 heterocycles. The van der Waals surface area contributed by atoms with Crippen molar-refractivity contribution in [3.63, 3.8) is 0 Å². The van der Waals surface area contributed by atoms with Gasteiger partial charge in [0, 0.05) is 4.88 Å². The highest BCUT2D eigenvalue weighted by Crippen LogP contribution is 2.29. The topological polar surface area (TPSA) is 85.3 Å². The van der Waals surface area contributed by atoms with E-state index in [1.54, 1.807) is 29.5 Å². The van der Waals surface area contributed by atoms with E-state index in [1.165, 1.54) is 0 Å². The van der Waals surface area contributed by atoms with Gasteiger partial charge in [-0.3, -0.25) is 0 Å². The molecule has 0 saturated carbocycles. The zero-order chi connectivity index (χ0) is 15.8. The second kappa shape index (κ2) is 8.05. The van der Waals surface area contributed by atoms with Crippen molar-refractivity contribution in [1.82, 2.24) is 0 Å². The minimum Gasteiger partial charge on any atom is -0.485 e. The van der Waals surface area contributed by atoms with Crippen molar-refractivity contribution < 1.29 is 14.3 Å². The Hall–Kier alpha value is -2.52. The zero-order valence-corrected chi connectivity index (χ0v) is 12.7. The van der Waals surface area contributed by atoms with Crippen LogP contribution in [0.3, 0.4) is 0 Å². The quantitative estimate of drug-likeness (QED) is 0.791. The molecule has 5 nitrogen and oxygen atoms in total. The van der Waals surface area contributed by atoms with Gasteiger partial charge in [-0.05, 0) is 42.5 Å². The molecule has 2 aromatic rings. The van der Waals surface area contributed by atoms with Gasteiger partial charge in [0.2, 0.25) is 0 Å². The normalized spacial score (nSPS) is 11.4. The average Bonchev–Trinajstić information content (AvgIpc) is 3.04. The van der Waals surface area contributed by atoms with Gasteiger partial charge in [-0.2, -0.15) is 5.26 Å². The number of ether oxygens (including phenoxy) is 2. The van der Waals surface area contributed by atoms with Gasteiger partial charge < -0.3 is 15.2 Å². The average molecular weight is 316 g/mol. The molecule has 6 heteroatoms. The number of carbonyl (C=O) groups is 1. The van der Waals surface area contributed by atoms with Gasteiger partial charge in [0.25, 0.3) is 0 Å². The molecule has 1 amide bonds. The van der Waals surface area contributed by atoms with Crippen LogP contribution in [0.1, 0.15) is 29.4 Å². The van der Waals surface area contributed by atoms with Crippen molar-refractivity contribution in [2.45, 2.75) is 18.9 Å². The number of hydrogen-bond acceptors (Lipinski definition) is 5. The van der Waals surface area contributed by atoms with Crippen LogP contribution in [0.25, 0.3) is 0 Å². The van der Waals surface area contributed by atoms with Crippen LogP contribution in [0, 0.1) is 11.3 Å². The SMILES string of the molecule is N#Cc1cccc(O[C@@H](CCCOC(N)=O)c2cccs2)c1. The van der Waals surface area contributed by atoms with Crippen LogP contribution < -0.4 is 10.5 Å². The van der Waals surface area contributed by atoms with Crippen molar-refractivity contribution >= 4 is 17.4 Å². The molecule has 0 aliphatic rings. The van der Waals surface area contributed by atoms with Crippen molar-refractivity contribution in [1.29, 1.82) is 5.26 Å². The summed E-state index contributed by atoms with van der Waals surface area (Å²) in [7, 11) is 0. The molecule has 0 unspecified atom stereocenters. The molecule has 1 aromatic carbocycles. The Bertz CT molecular complexity index is 650. The zero-order valence-electron chi connectivity index (χ0n) is 11.9. The second-order valence-electron chi connectivity index (χ2n) is 4.57. The number of benzene rings is 1. The lowest BCUT2D eigenvalue weighted by atomic mass is 10.1. The summed E-state index contributed by atoms with van der Waals surface area (Å²) in [4.78, 5) is 11.7. The molecule has 0 fully saturated rings. The Kier molecular flexibility index (Phi) is 5.81. The smallest absolute Gasteiger partial charge is 0.404 e. The third kappa shape index (κ3) is 4.79. The lowest BCUT2D eigenvalue weighted by molar-refractivity contribution is 0.141. The first kappa shape index (κ1) is 15.9. The van der Waals surface area contributed by atoms with Crippen molar-refractivity contribution in [2.24, 2.45) is 5.73 Å². The van der Waals surface area contributed by atoms with E-state index in [1.807, 2.05) is 23.6 Å². The van der Waals surface area contributed by atoms with E-state index in [0.717, 1.165) is 4.88 Å². The maximum Gasteiger partial charge on any atom is 0.404 e. The third-order valence-corrected chi connectivity index (χ3v) is 3.92. The molecule has 0 aliphatic heterocycles. The molecule has 0 spiro atoms. The van der Waals surface area contributed by atoms with E-state index < -0.39 is 6.09 Å². The van der Waals surface area contributed by atoms with E-state index in [4.69, 9.17) is 20.5 Å². The van der Waals surface area contributed by atoms with Gasteiger partial charge in [-0.15, -0.1) is 11.3 Å². The molecular weight excluding hydrogens is 300 g/mol. The molecule has 0 saturated heterocycles. The summed E-state index contributed by atoms with van der Waals surface area (Å²) in [5.41, 5.74) is 5.49. The Morgan fingerprint density at radius 1 is 1.36 bits per heavy atom. The maximum atomic E-state index is 10.6. The van der Waals surface area contributed by atoms with E-state index in [2.05, 4.69) is 6.07 Å². The van der Waals surface area contributed by atoms with Gasteiger partial charge in [-0.1, -0.05) is 12.1 Å². The van der Waals surface area contributed by atoms with E-state index in [9.17, 15) is 4.79 Å². The molecule has 0 radical (unpaired) electrons. The largest absolute Gasteiger partial charge is 0.485 e. The summed E-state index contributed by atoms with van der Waals surface area (Å²) in [6.07, 6.45) is 0.411. The standard InChI is InChI=1S/C16H16N2O3S/c17-11-12-4-1-5-13(10-12)21-14(15-7-3-9-22-15)6-2-8-20-16(18)19/h1,3-5,7,9-10,14H,2,6,8H2,(H2,18,19)/t14-/m0/s1. The lowest BCUT2D eigenvalue weighted by Gasteiger charge is -2.18. The number of carbonyl (C=O) groups excluding carboxylic acids is 1. The van der Waals surface area contributed by atoms with Crippen LogP contribution >= 0.6 is 11.3 Å². The van der Waals surface area contributed by atoms with Gasteiger partial charge in [0.05, 0.1) is 18.2 Å². The first-order valence-corrected chi connectivity index (χ1v) is 7.69. The fourth-order valence-corrected chi connectivity index (χ4v) is 2.77. The Balaban J connectivity index is 2.01. The van der Waals surface area contributed by atoms with Gasteiger partial charge >= 0.3 is 6.09 Å². The van der Waals surface area contributed by atoms with Crippen LogP contribution in [0.5, 0.6) is 5.75 Å². The summed E-state index contributed by atoms with van der Waals surface area (Å²) < 4.78 is 10.7. The summed E-state index contributed by atoms with van der Waals surface area (Å²) in [6, 6.07) is 13.1. The third-order valence-electron chi connectivity index (χ3n) is 2.96. The second-order valence-corrected chi connectivity index (χ2v) is 5.55. The number of nitrogens with zero attached hydrogens (tertiary/aromatic N) is 1. The number of nitriles is 1. The van der Waals surface area contributed by atoms with E-state index in [-0.39, 0.29) is 12.7 Å². The van der Waals surface area contributed by atoms with Gasteiger partial charge in [0.1, 0.15) is 11.9 Å². The molecule has 1 atom stereocenters. The maximum absolute atomic E-state index is 10.6. The molecule has 114 valence electrons. The van der Waals surface area contributed by atoms with Crippen molar-refractivity contribution in [3.8, 4) is 11.8 Å². The van der Waals surface area contributed by atoms with Crippen LogP contribution in [0.2, 0.25) is 0 Å². The summed E-state index contributed by atoms with van der Waals surface area (Å²) in [5.74, 6) is 0.647. The van der Waals surface area contributed by atoms with Gasteiger partial charge in [0.15, 0.2) is 0 Å². The fourth-order valence-electron chi connectivity index (χ4n) is 1.98. The first-order chi connectivity index (χ1) is 10.7. The van der Waals surface area contributed by atoms with Crippen LogP contribution in [-0.4, -0.2) is 12.7 Å². The number of amides is 1. The summed E-state index contributed by atoms with van der Waals surface area (Å²) >= 11 is 1.60. The van der Waals surface area contributed by atoms with E-state index in [0.29, 0.717) is 24.2 Å². The molecular formula is C16H16N2O3S. The van der Waals surface area contributed by atoms with Crippen molar-refractivity contribution in [3.05, 3.63) is 52.2 Å². The van der Waals surface area contributed by atoms with Crippen LogP contribution in [-0.2, 0) is 4.74 Å². The number of thiophene rings is 1. The fraction of sp³-hybridized carbons (Fsp3) is 0.250. The molecule has 0 bridgehead atoms. The Morgan fingerprint density at radius 2 is 2.23 bits per heavy atom. The number of nitrogens with two attached hydrogens (primary N) is 1. The molecule has 2 N–H and O–H groups in total. The minimum absolute atomic E-state index is 0.148. The predicted molar refractivity (Wildman–Crippen MR) is 83.6 cm³/mol. The highest BCUT2D eigenvalue weighted by molar-refractivity contribution is 7.10. The highest BCUT2D eigenvalue weighted by atomic mass is 32.1. The molecule has 2 rings (SSSR count).